The molecule has 0 aromatic heterocycles. The molecule has 1 aliphatic carbocycles. The molecule has 4 nitrogen and oxygen atoms in total. The van der Waals surface area contributed by atoms with Crippen molar-refractivity contribution in [2.24, 2.45) is 5.92 Å². The molecule has 2 rings (SSSR count). The van der Waals surface area contributed by atoms with Gasteiger partial charge in [-0.15, -0.1) is 0 Å². The first-order chi connectivity index (χ1) is 8.08. The van der Waals surface area contributed by atoms with Crippen LogP contribution in [0.3, 0.4) is 0 Å². The van der Waals surface area contributed by atoms with Gasteiger partial charge in [-0.3, -0.25) is 10.1 Å². The number of halogens is 1. The molecular weight excluding hydrogens is 240 g/mol. The second-order valence-corrected chi connectivity index (χ2v) is 4.97. The van der Waals surface area contributed by atoms with Gasteiger partial charge in [-0.1, -0.05) is 11.6 Å². The van der Waals surface area contributed by atoms with Crippen LogP contribution >= 0.6 is 11.6 Å². The molecule has 0 aliphatic heterocycles. The van der Waals surface area contributed by atoms with Crippen LogP contribution in [-0.2, 0) is 6.54 Å². The molecular formula is C12H15ClN2O2. The minimum Gasteiger partial charge on any atom is -0.310 e. The van der Waals surface area contributed by atoms with Crippen LogP contribution in [0.15, 0.2) is 18.2 Å². The molecule has 1 aromatic rings. The predicted octanol–water partition coefficient (Wildman–Crippen LogP) is 3.14. The van der Waals surface area contributed by atoms with E-state index in [-0.39, 0.29) is 10.6 Å². The van der Waals surface area contributed by atoms with E-state index in [1.54, 1.807) is 12.1 Å². The average Bonchev–Trinajstić information content (AvgIpc) is 3.09. The van der Waals surface area contributed by atoms with Crippen LogP contribution < -0.4 is 5.32 Å². The number of nitro benzene ring substituents is 1. The molecule has 0 spiro atoms. The summed E-state index contributed by atoms with van der Waals surface area (Å²) in [5, 5.41) is 14.7. The minimum atomic E-state index is -0.366. The number of nitrogens with zero attached hydrogens (tertiary/aromatic N) is 1. The molecule has 0 unspecified atom stereocenters. The molecule has 1 atom stereocenters. The first kappa shape index (κ1) is 12.3. The Morgan fingerprint density at radius 1 is 1.59 bits per heavy atom. The molecule has 17 heavy (non-hydrogen) atoms. The third-order valence-corrected chi connectivity index (χ3v) is 3.42. The van der Waals surface area contributed by atoms with Crippen molar-refractivity contribution in [3.05, 3.63) is 38.9 Å². The Kier molecular flexibility index (Phi) is 3.64. The SMILES string of the molecule is C[C@@H](NCc1cc(Cl)ccc1[N+](=O)[O-])C1CC1. The summed E-state index contributed by atoms with van der Waals surface area (Å²) < 4.78 is 0. The van der Waals surface area contributed by atoms with E-state index in [1.807, 2.05) is 0 Å². The van der Waals surface area contributed by atoms with E-state index in [0.717, 1.165) is 5.92 Å². The zero-order valence-electron chi connectivity index (χ0n) is 9.65. The molecule has 0 amide bonds. The van der Waals surface area contributed by atoms with Crippen molar-refractivity contribution >= 4 is 17.3 Å². The number of hydrogen-bond acceptors (Lipinski definition) is 3. The van der Waals surface area contributed by atoms with Crippen LogP contribution in [0, 0.1) is 16.0 Å². The van der Waals surface area contributed by atoms with Crippen LogP contribution in [0.5, 0.6) is 0 Å². The van der Waals surface area contributed by atoms with Crippen molar-refractivity contribution in [3.8, 4) is 0 Å². The van der Waals surface area contributed by atoms with Crippen molar-refractivity contribution in [2.75, 3.05) is 0 Å². The normalized spacial score (nSPS) is 16.8. The number of benzene rings is 1. The molecule has 5 heteroatoms. The highest BCUT2D eigenvalue weighted by Crippen LogP contribution is 2.32. The third-order valence-electron chi connectivity index (χ3n) is 3.18. The summed E-state index contributed by atoms with van der Waals surface area (Å²) in [4.78, 5) is 10.5. The molecule has 92 valence electrons. The highest BCUT2D eigenvalue weighted by molar-refractivity contribution is 6.30. The average molecular weight is 255 g/mol. The quantitative estimate of drug-likeness (QED) is 0.649. The van der Waals surface area contributed by atoms with Crippen molar-refractivity contribution in [1.29, 1.82) is 0 Å². The molecule has 0 bridgehead atoms. The highest BCUT2D eigenvalue weighted by atomic mass is 35.5. The first-order valence-corrected chi connectivity index (χ1v) is 6.12. The van der Waals surface area contributed by atoms with Crippen LogP contribution in [0.4, 0.5) is 5.69 Å². The molecule has 1 saturated carbocycles. The molecule has 0 heterocycles. The van der Waals surface area contributed by atoms with Gasteiger partial charge in [-0.05, 0) is 37.8 Å². The maximum atomic E-state index is 10.9. The molecule has 0 saturated heterocycles. The smallest absolute Gasteiger partial charge is 0.273 e. The van der Waals surface area contributed by atoms with Crippen LogP contribution in [0.2, 0.25) is 5.02 Å². The largest absolute Gasteiger partial charge is 0.310 e. The summed E-state index contributed by atoms with van der Waals surface area (Å²) in [7, 11) is 0. The lowest BCUT2D eigenvalue weighted by atomic mass is 10.1. The summed E-state index contributed by atoms with van der Waals surface area (Å²) in [5.74, 6) is 0.730. The van der Waals surface area contributed by atoms with Gasteiger partial charge >= 0.3 is 0 Å². The van der Waals surface area contributed by atoms with E-state index < -0.39 is 0 Å². The molecule has 1 aromatic carbocycles. The Balaban J connectivity index is 2.07. The Morgan fingerprint density at radius 3 is 2.88 bits per heavy atom. The number of nitrogens with one attached hydrogen (secondary N) is 1. The fourth-order valence-electron chi connectivity index (χ4n) is 1.91. The zero-order chi connectivity index (χ0) is 12.4. The second-order valence-electron chi connectivity index (χ2n) is 4.54. The van der Waals surface area contributed by atoms with Gasteiger partial charge in [0.2, 0.25) is 0 Å². The third kappa shape index (κ3) is 3.17. The van der Waals surface area contributed by atoms with E-state index in [4.69, 9.17) is 11.6 Å². The number of nitro groups is 1. The lowest BCUT2D eigenvalue weighted by Crippen LogP contribution is -2.27. The van der Waals surface area contributed by atoms with Gasteiger partial charge in [0.1, 0.15) is 0 Å². The minimum absolute atomic E-state index is 0.130. The Morgan fingerprint density at radius 2 is 2.29 bits per heavy atom. The van der Waals surface area contributed by atoms with Gasteiger partial charge in [0.25, 0.3) is 5.69 Å². The van der Waals surface area contributed by atoms with Crippen LogP contribution in [0.25, 0.3) is 0 Å². The predicted molar refractivity (Wildman–Crippen MR) is 67.1 cm³/mol. The summed E-state index contributed by atoms with van der Waals surface area (Å²) in [6.45, 7) is 2.61. The monoisotopic (exact) mass is 254 g/mol. The van der Waals surface area contributed by atoms with Gasteiger partial charge in [0.15, 0.2) is 0 Å². The fraction of sp³-hybridized carbons (Fsp3) is 0.500. The number of rotatable bonds is 5. The summed E-state index contributed by atoms with van der Waals surface area (Å²) in [6.07, 6.45) is 2.51. The van der Waals surface area contributed by atoms with E-state index in [0.29, 0.717) is 23.2 Å². The molecule has 1 aliphatic rings. The van der Waals surface area contributed by atoms with Gasteiger partial charge in [0, 0.05) is 29.2 Å². The fourth-order valence-corrected chi connectivity index (χ4v) is 2.10. The van der Waals surface area contributed by atoms with Gasteiger partial charge < -0.3 is 5.32 Å². The summed E-state index contributed by atoms with van der Waals surface area (Å²) in [5.41, 5.74) is 0.778. The van der Waals surface area contributed by atoms with Crippen molar-refractivity contribution in [3.63, 3.8) is 0 Å². The molecule has 0 radical (unpaired) electrons. The molecule has 1 fully saturated rings. The maximum absolute atomic E-state index is 10.9. The standard InChI is InChI=1S/C12H15ClN2O2/c1-8(9-2-3-9)14-7-10-6-11(13)4-5-12(10)15(16)17/h4-6,8-9,14H,2-3,7H2,1H3/t8-/m1/s1. The highest BCUT2D eigenvalue weighted by Gasteiger charge is 2.27. The van der Waals surface area contributed by atoms with Gasteiger partial charge in [-0.2, -0.15) is 0 Å². The van der Waals surface area contributed by atoms with Gasteiger partial charge in [-0.25, -0.2) is 0 Å². The second kappa shape index (κ2) is 5.02. The van der Waals surface area contributed by atoms with Crippen LogP contribution in [-0.4, -0.2) is 11.0 Å². The Labute approximate surface area is 105 Å². The van der Waals surface area contributed by atoms with Crippen molar-refractivity contribution < 1.29 is 4.92 Å². The maximum Gasteiger partial charge on any atom is 0.273 e. The van der Waals surface area contributed by atoms with Crippen molar-refractivity contribution in [2.45, 2.75) is 32.4 Å². The van der Waals surface area contributed by atoms with Crippen LogP contribution in [0.1, 0.15) is 25.3 Å². The van der Waals surface area contributed by atoms with E-state index in [1.165, 1.54) is 18.9 Å². The lowest BCUT2D eigenvalue weighted by molar-refractivity contribution is -0.385. The van der Waals surface area contributed by atoms with Gasteiger partial charge in [0.05, 0.1) is 4.92 Å². The topological polar surface area (TPSA) is 55.2 Å². The zero-order valence-corrected chi connectivity index (χ0v) is 10.4. The van der Waals surface area contributed by atoms with E-state index in [9.17, 15) is 10.1 Å². The first-order valence-electron chi connectivity index (χ1n) is 5.74. The Hall–Kier alpha value is -1.13. The lowest BCUT2D eigenvalue weighted by Gasteiger charge is -2.12. The van der Waals surface area contributed by atoms with E-state index >= 15 is 0 Å². The Bertz CT molecular complexity index is 433. The van der Waals surface area contributed by atoms with Crippen molar-refractivity contribution in [1.82, 2.24) is 5.32 Å². The number of hydrogen-bond donors (Lipinski definition) is 1. The summed E-state index contributed by atoms with van der Waals surface area (Å²) in [6, 6.07) is 5.08. The summed E-state index contributed by atoms with van der Waals surface area (Å²) >= 11 is 5.86. The van der Waals surface area contributed by atoms with E-state index in [2.05, 4.69) is 12.2 Å². The molecule has 1 N–H and O–H groups in total.